The van der Waals surface area contributed by atoms with E-state index in [1.165, 1.54) is 16.2 Å². The SMILES string of the molecule is Cn1cc(-c2nc(C(=O)N3CCCC(C(F)(F)F)C3)cs2)cn1. The molecule has 0 radical (unpaired) electrons. The van der Waals surface area contributed by atoms with Crippen LogP contribution in [-0.4, -0.2) is 44.8 Å². The average molecular weight is 344 g/mol. The van der Waals surface area contributed by atoms with Crippen molar-refractivity contribution in [1.82, 2.24) is 19.7 Å². The van der Waals surface area contributed by atoms with Crippen LogP contribution in [0.4, 0.5) is 13.2 Å². The van der Waals surface area contributed by atoms with E-state index in [-0.39, 0.29) is 18.7 Å². The van der Waals surface area contributed by atoms with Gasteiger partial charge >= 0.3 is 6.18 Å². The Morgan fingerprint density at radius 1 is 1.43 bits per heavy atom. The number of thiazole rings is 1. The normalized spacial score (nSPS) is 19.1. The molecule has 0 N–H and O–H groups in total. The molecule has 1 aliphatic heterocycles. The molecule has 1 saturated heterocycles. The zero-order valence-corrected chi connectivity index (χ0v) is 13.2. The smallest absolute Gasteiger partial charge is 0.337 e. The van der Waals surface area contributed by atoms with Crippen LogP contribution >= 0.6 is 11.3 Å². The van der Waals surface area contributed by atoms with Crippen LogP contribution in [0.5, 0.6) is 0 Å². The van der Waals surface area contributed by atoms with Gasteiger partial charge < -0.3 is 4.90 Å². The van der Waals surface area contributed by atoms with Crippen molar-refractivity contribution >= 4 is 17.2 Å². The molecule has 0 aliphatic carbocycles. The lowest BCUT2D eigenvalue weighted by molar-refractivity contribution is -0.184. The molecule has 2 aromatic rings. The Hall–Kier alpha value is -1.90. The second-order valence-corrected chi connectivity index (χ2v) is 6.43. The highest BCUT2D eigenvalue weighted by Crippen LogP contribution is 2.33. The number of aromatic nitrogens is 3. The Labute approximate surface area is 134 Å². The maximum Gasteiger partial charge on any atom is 0.393 e. The first-order chi connectivity index (χ1) is 10.8. The molecule has 1 fully saturated rings. The topological polar surface area (TPSA) is 51.0 Å². The lowest BCUT2D eigenvalue weighted by Gasteiger charge is -2.33. The summed E-state index contributed by atoms with van der Waals surface area (Å²) in [5.74, 6) is -1.89. The van der Waals surface area contributed by atoms with Gasteiger partial charge in [0.2, 0.25) is 0 Å². The highest BCUT2D eigenvalue weighted by atomic mass is 32.1. The quantitative estimate of drug-likeness (QED) is 0.842. The number of piperidine rings is 1. The summed E-state index contributed by atoms with van der Waals surface area (Å²) >= 11 is 1.28. The predicted molar refractivity (Wildman–Crippen MR) is 79.0 cm³/mol. The van der Waals surface area contributed by atoms with Gasteiger partial charge in [-0.15, -0.1) is 11.3 Å². The fraction of sp³-hybridized carbons (Fsp3) is 0.500. The van der Waals surface area contributed by atoms with Gasteiger partial charge in [0.1, 0.15) is 10.7 Å². The van der Waals surface area contributed by atoms with Crippen molar-refractivity contribution in [3.63, 3.8) is 0 Å². The molecule has 2 aromatic heterocycles. The molecule has 0 aromatic carbocycles. The highest BCUT2D eigenvalue weighted by molar-refractivity contribution is 7.13. The first-order valence-electron chi connectivity index (χ1n) is 7.15. The van der Waals surface area contributed by atoms with E-state index in [2.05, 4.69) is 10.1 Å². The molecule has 3 heterocycles. The number of halogens is 3. The van der Waals surface area contributed by atoms with E-state index in [9.17, 15) is 18.0 Å². The number of carbonyl (C=O) groups excluding carboxylic acids is 1. The third-order valence-electron chi connectivity index (χ3n) is 3.85. The van der Waals surface area contributed by atoms with Crippen molar-refractivity contribution in [3.05, 3.63) is 23.5 Å². The predicted octanol–water partition coefficient (Wildman–Crippen LogP) is 2.96. The van der Waals surface area contributed by atoms with Crippen LogP contribution in [0, 0.1) is 5.92 Å². The summed E-state index contributed by atoms with van der Waals surface area (Å²) in [4.78, 5) is 17.9. The van der Waals surface area contributed by atoms with Gasteiger partial charge in [-0.25, -0.2) is 4.98 Å². The average Bonchev–Trinajstić information content (AvgIpc) is 3.14. The summed E-state index contributed by atoms with van der Waals surface area (Å²) in [6, 6.07) is 0. The standard InChI is InChI=1S/C14H15F3N4OS/c1-20-6-9(5-18-20)12-19-11(8-23-12)13(22)21-4-2-3-10(7-21)14(15,16)17/h5-6,8,10H,2-4,7H2,1H3. The van der Waals surface area contributed by atoms with E-state index in [0.717, 1.165) is 5.56 Å². The fourth-order valence-corrected chi connectivity index (χ4v) is 3.40. The number of nitrogens with zero attached hydrogens (tertiary/aromatic N) is 4. The molecule has 0 bridgehead atoms. The molecule has 124 valence electrons. The lowest BCUT2D eigenvalue weighted by atomic mass is 9.97. The number of carbonyl (C=O) groups is 1. The van der Waals surface area contributed by atoms with Crippen LogP contribution in [0.25, 0.3) is 10.6 Å². The molecule has 0 saturated carbocycles. The Kier molecular flexibility index (Phi) is 4.13. The van der Waals surface area contributed by atoms with Gasteiger partial charge in [0, 0.05) is 37.3 Å². The zero-order chi connectivity index (χ0) is 16.6. The maximum atomic E-state index is 12.8. The van der Waals surface area contributed by atoms with E-state index in [0.29, 0.717) is 18.0 Å². The van der Waals surface area contributed by atoms with Gasteiger partial charge in [0.25, 0.3) is 5.91 Å². The number of amides is 1. The summed E-state index contributed by atoms with van der Waals surface area (Å²) in [6.45, 7) is 0.0489. The molecular weight excluding hydrogens is 329 g/mol. The van der Waals surface area contributed by atoms with Gasteiger partial charge in [-0.1, -0.05) is 0 Å². The molecule has 1 unspecified atom stereocenters. The Bertz CT molecular complexity index is 709. The van der Waals surface area contributed by atoms with Gasteiger partial charge in [-0.05, 0) is 12.8 Å². The van der Waals surface area contributed by atoms with Gasteiger partial charge in [-0.2, -0.15) is 18.3 Å². The third-order valence-corrected chi connectivity index (χ3v) is 4.74. The first-order valence-corrected chi connectivity index (χ1v) is 8.03. The van der Waals surface area contributed by atoms with Crippen LogP contribution in [0.2, 0.25) is 0 Å². The molecule has 9 heteroatoms. The summed E-state index contributed by atoms with van der Waals surface area (Å²) in [7, 11) is 1.77. The van der Waals surface area contributed by atoms with E-state index in [1.807, 2.05) is 0 Å². The molecular formula is C14H15F3N4OS. The van der Waals surface area contributed by atoms with Crippen molar-refractivity contribution in [1.29, 1.82) is 0 Å². The lowest BCUT2D eigenvalue weighted by Crippen LogP contribution is -2.44. The van der Waals surface area contributed by atoms with Crippen LogP contribution in [0.3, 0.4) is 0 Å². The van der Waals surface area contributed by atoms with E-state index >= 15 is 0 Å². The second kappa shape index (κ2) is 5.95. The van der Waals surface area contributed by atoms with Gasteiger partial charge in [0.05, 0.1) is 12.1 Å². The van der Waals surface area contributed by atoms with Gasteiger partial charge in [-0.3, -0.25) is 9.48 Å². The van der Waals surface area contributed by atoms with Crippen LogP contribution in [0.15, 0.2) is 17.8 Å². The number of aryl methyl sites for hydroxylation is 1. The number of rotatable bonds is 2. The number of alkyl halides is 3. The summed E-state index contributed by atoms with van der Waals surface area (Å²) in [5, 5.41) is 6.25. The molecule has 5 nitrogen and oxygen atoms in total. The molecule has 1 aliphatic rings. The van der Waals surface area contributed by atoms with E-state index < -0.39 is 18.0 Å². The minimum Gasteiger partial charge on any atom is -0.337 e. The monoisotopic (exact) mass is 344 g/mol. The van der Waals surface area contributed by atoms with Crippen LogP contribution in [0.1, 0.15) is 23.3 Å². The summed E-state index contributed by atoms with van der Waals surface area (Å²) in [5.41, 5.74) is 0.972. The molecule has 1 atom stereocenters. The minimum absolute atomic E-state index is 0.0747. The molecule has 1 amide bonds. The highest BCUT2D eigenvalue weighted by Gasteiger charge is 2.43. The van der Waals surface area contributed by atoms with E-state index in [1.54, 1.807) is 29.5 Å². The molecule has 23 heavy (non-hydrogen) atoms. The van der Waals surface area contributed by atoms with E-state index in [4.69, 9.17) is 0 Å². The summed E-state index contributed by atoms with van der Waals surface area (Å²) < 4.78 is 40.2. The Morgan fingerprint density at radius 3 is 2.87 bits per heavy atom. The minimum atomic E-state index is -4.26. The van der Waals surface area contributed by atoms with Crippen molar-refractivity contribution in [3.8, 4) is 10.6 Å². The maximum absolute atomic E-state index is 12.8. The number of hydrogen-bond donors (Lipinski definition) is 0. The largest absolute Gasteiger partial charge is 0.393 e. The Balaban J connectivity index is 1.74. The van der Waals surface area contributed by atoms with Crippen LogP contribution < -0.4 is 0 Å². The Morgan fingerprint density at radius 2 is 2.22 bits per heavy atom. The van der Waals surface area contributed by atoms with Crippen molar-refractivity contribution in [2.45, 2.75) is 19.0 Å². The van der Waals surface area contributed by atoms with Crippen LogP contribution in [-0.2, 0) is 7.05 Å². The van der Waals surface area contributed by atoms with Gasteiger partial charge in [0.15, 0.2) is 0 Å². The second-order valence-electron chi connectivity index (χ2n) is 5.57. The zero-order valence-electron chi connectivity index (χ0n) is 12.4. The molecule has 0 spiro atoms. The van der Waals surface area contributed by atoms with Crippen molar-refractivity contribution < 1.29 is 18.0 Å². The first kappa shape index (κ1) is 16.0. The molecule has 3 rings (SSSR count). The van der Waals surface area contributed by atoms with Crippen molar-refractivity contribution in [2.75, 3.05) is 13.1 Å². The fourth-order valence-electron chi connectivity index (χ4n) is 2.63. The number of hydrogen-bond acceptors (Lipinski definition) is 4. The summed E-state index contributed by atoms with van der Waals surface area (Å²) in [6.07, 6.45) is -0.427. The third kappa shape index (κ3) is 3.39. The van der Waals surface area contributed by atoms with Crippen molar-refractivity contribution in [2.24, 2.45) is 13.0 Å². The number of likely N-dealkylation sites (tertiary alicyclic amines) is 1.